The van der Waals surface area contributed by atoms with E-state index in [1.54, 1.807) is 24.3 Å². The van der Waals surface area contributed by atoms with Crippen molar-refractivity contribution in [2.75, 3.05) is 12.4 Å². The number of rotatable bonds is 4. The molecule has 0 unspecified atom stereocenters. The Morgan fingerprint density at radius 1 is 1.22 bits per heavy atom. The lowest BCUT2D eigenvalue weighted by Crippen LogP contribution is -1.99. The minimum Gasteiger partial charge on any atom is -0.504 e. The van der Waals surface area contributed by atoms with Gasteiger partial charge in [-0.15, -0.1) is 0 Å². The summed E-state index contributed by atoms with van der Waals surface area (Å²) in [5.41, 5.74) is 1.59. The van der Waals surface area contributed by atoms with Crippen molar-refractivity contribution in [3.05, 3.63) is 53.8 Å². The monoisotopic (exact) mass is 247 g/mol. The fourth-order valence-corrected chi connectivity index (χ4v) is 1.65. The summed E-state index contributed by atoms with van der Waals surface area (Å²) < 4.78 is 17.9. The van der Waals surface area contributed by atoms with Crippen molar-refractivity contribution in [2.45, 2.75) is 6.54 Å². The van der Waals surface area contributed by atoms with Gasteiger partial charge < -0.3 is 15.2 Å². The molecule has 0 saturated carbocycles. The first-order valence-corrected chi connectivity index (χ1v) is 5.54. The van der Waals surface area contributed by atoms with Crippen molar-refractivity contribution in [1.82, 2.24) is 0 Å². The van der Waals surface area contributed by atoms with Crippen molar-refractivity contribution in [1.29, 1.82) is 0 Å². The predicted molar refractivity (Wildman–Crippen MR) is 68.4 cm³/mol. The number of nitrogens with one attached hydrogen (secondary N) is 1. The Labute approximate surface area is 105 Å². The number of phenolic OH excluding ortho intramolecular Hbond substituents is 1. The topological polar surface area (TPSA) is 41.5 Å². The molecule has 0 radical (unpaired) electrons. The van der Waals surface area contributed by atoms with Gasteiger partial charge in [0, 0.05) is 18.3 Å². The summed E-state index contributed by atoms with van der Waals surface area (Å²) in [7, 11) is 1.49. The van der Waals surface area contributed by atoms with Crippen molar-refractivity contribution in [3.8, 4) is 11.5 Å². The van der Waals surface area contributed by atoms with Crippen molar-refractivity contribution in [2.24, 2.45) is 0 Å². The van der Waals surface area contributed by atoms with Crippen LogP contribution < -0.4 is 10.1 Å². The van der Waals surface area contributed by atoms with Crippen LogP contribution in [0.15, 0.2) is 42.5 Å². The minimum atomic E-state index is -0.258. The summed E-state index contributed by atoms with van der Waals surface area (Å²) in [6.45, 7) is 0.490. The molecule has 0 aliphatic carbocycles. The van der Waals surface area contributed by atoms with Gasteiger partial charge in [0.25, 0.3) is 0 Å². The minimum absolute atomic E-state index is 0.0711. The normalized spacial score (nSPS) is 10.1. The van der Waals surface area contributed by atoms with Gasteiger partial charge in [-0.25, -0.2) is 4.39 Å². The number of hydrogen-bond donors (Lipinski definition) is 2. The number of methoxy groups -OCH3 is 1. The fourth-order valence-electron chi connectivity index (χ4n) is 1.65. The van der Waals surface area contributed by atoms with Gasteiger partial charge in [0.2, 0.25) is 0 Å². The van der Waals surface area contributed by atoms with Gasteiger partial charge in [0.05, 0.1) is 7.11 Å². The van der Waals surface area contributed by atoms with Crippen LogP contribution in [-0.4, -0.2) is 12.2 Å². The third-order valence-corrected chi connectivity index (χ3v) is 2.56. The number of halogens is 1. The molecular weight excluding hydrogens is 233 g/mol. The second kappa shape index (κ2) is 5.40. The number of aromatic hydroxyl groups is 1. The van der Waals surface area contributed by atoms with Crippen LogP contribution in [0.3, 0.4) is 0 Å². The molecule has 2 aromatic carbocycles. The molecule has 0 aliphatic rings. The molecule has 0 fully saturated rings. The van der Waals surface area contributed by atoms with E-state index in [0.717, 1.165) is 11.3 Å². The Hall–Kier alpha value is -2.23. The van der Waals surface area contributed by atoms with Gasteiger partial charge in [0.15, 0.2) is 11.5 Å². The van der Waals surface area contributed by atoms with Crippen molar-refractivity contribution >= 4 is 5.69 Å². The maximum Gasteiger partial charge on any atom is 0.160 e. The Balaban J connectivity index is 2.04. The molecule has 2 aromatic rings. The zero-order chi connectivity index (χ0) is 13.0. The van der Waals surface area contributed by atoms with Gasteiger partial charge in [-0.1, -0.05) is 12.1 Å². The second-order valence-corrected chi connectivity index (χ2v) is 3.87. The van der Waals surface area contributed by atoms with E-state index >= 15 is 0 Å². The molecule has 0 atom stereocenters. The highest BCUT2D eigenvalue weighted by Gasteiger charge is 2.02. The van der Waals surface area contributed by atoms with E-state index < -0.39 is 0 Å². The third-order valence-electron chi connectivity index (χ3n) is 2.56. The summed E-state index contributed by atoms with van der Waals surface area (Å²) in [5, 5.41) is 12.7. The fraction of sp³-hybridized carbons (Fsp3) is 0.143. The maximum absolute atomic E-state index is 13.0. The van der Waals surface area contributed by atoms with Gasteiger partial charge >= 0.3 is 0 Å². The molecule has 0 saturated heterocycles. The van der Waals surface area contributed by atoms with Crippen LogP contribution in [0.2, 0.25) is 0 Å². The van der Waals surface area contributed by atoms with Crippen molar-refractivity contribution < 1.29 is 14.2 Å². The van der Waals surface area contributed by atoms with Crippen LogP contribution in [0.5, 0.6) is 11.5 Å². The summed E-state index contributed by atoms with van der Waals surface area (Å²) in [4.78, 5) is 0. The molecule has 2 rings (SSSR count). The molecule has 18 heavy (non-hydrogen) atoms. The predicted octanol–water partition coefficient (Wildman–Crippen LogP) is 3.15. The Bertz CT molecular complexity index is 543. The molecule has 4 heteroatoms. The van der Waals surface area contributed by atoms with E-state index in [-0.39, 0.29) is 11.6 Å². The SMILES string of the molecule is COc1ccc(NCc2cccc(F)c2)cc1O. The number of ether oxygens (including phenoxy) is 1. The quantitative estimate of drug-likeness (QED) is 0.872. The highest BCUT2D eigenvalue weighted by molar-refractivity contribution is 5.54. The molecule has 0 aliphatic heterocycles. The molecule has 2 N–H and O–H groups in total. The van der Waals surface area contributed by atoms with Crippen LogP contribution >= 0.6 is 0 Å². The van der Waals surface area contributed by atoms with Gasteiger partial charge in [-0.05, 0) is 29.8 Å². The number of hydrogen-bond acceptors (Lipinski definition) is 3. The lowest BCUT2D eigenvalue weighted by Gasteiger charge is -2.09. The van der Waals surface area contributed by atoms with E-state index in [4.69, 9.17) is 4.74 Å². The van der Waals surface area contributed by atoms with E-state index in [0.29, 0.717) is 12.3 Å². The number of benzene rings is 2. The average Bonchev–Trinajstić information content (AvgIpc) is 2.37. The molecule has 94 valence electrons. The third kappa shape index (κ3) is 2.91. The molecular formula is C14H14FNO2. The summed E-state index contributed by atoms with van der Waals surface area (Å²) in [5.74, 6) is 0.236. The Morgan fingerprint density at radius 3 is 2.72 bits per heavy atom. The maximum atomic E-state index is 13.0. The molecule has 0 amide bonds. The first kappa shape index (κ1) is 12.2. The summed E-state index contributed by atoms with van der Waals surface area (Å²) >= 11 is 0. The molecule has 0 bridgehead atoms. The number of phenols is 1. The van der Waals surface area contributed by atoms with Crippen LogP contribution in [-0.2, 0) is 6.54 Å². The van der Waals surface area contributed by atoms with Gasteiger partial charge in [0.1, 0.15) is 5.82 Å². The first-order valence-electron chi connectivity index (χ1n) is 5.54. The zero-order valence-electron chi connectivity index (χ0n) is 9.98. The summed E-state index contributed by atoms with van der Waals surface area (Å²) in [6, 6.07) is 11.4. The lowest BCUT2D eigenvalue weighted by molar-refractivity contribution is 0.373. The number of anilines is 1. The van der Waals surface area contributed by atoms with E-state index in [1.807, 2.05) is 6.07 Å². The van der Waals surface area contributed by atoms with E-state index in [1.165, 1.54) is 19.2 Å². The first-order chi connectivity index (χ1) is 8.69. The largest absolute Gasteiger partial charge is 0.504 e. The highest BCUT2D eigenvalue weighted by Crippen LogP contribution is 2.28. The van der Waals surface area contributed by atoms with E-state index in [2.05, 4.69) is 5.32 Å². The molecule has 0 aromatic heterocycles. The lowest BCUT2D eigenvalue weighted by atomic mass is 10.2. The van der Waals surface area contributed by atoms with Crippen molar-refractivity contribution in [3.63, 3.8) is 0 Å². The van der Waals surface area contributed by atoms with Crippen LogP contribution in [0.25, 0.3) is 0 Å². The van der Waals surface area contributed by atoms with Crippen LogP contribution in [0.1, 0.15) is 5.56 Å². The molecule has 3 nitrogen and oxygen atoms in total. The average molecular weight is 247 g/mol. The zero-order valence-corrected chi connectivity index (χ0v) is 9.98. The smallest absolute Gasteiger partial charge is 0.160 e. The van der Waals surface area contributed by atoms with Crippen LogP contribution in [0, 0.1) is 5.82 Å². The van der Waals surface area contributed by atoms with Crippen LogP contribution in [0.4, 0.5) is 10.1 Å². The highest BCUT2D eigenvalue weighted by atomic mass is 19.1. The molecule has 0 heterocycles. The summed E-state index contributed by atoms with van der Waals surface area (Å²) in [6.07, 6.45) is 0. The standard InChI is InChI=1S/C14H14FNO2/c1-18-14-6-5-12(8-13(14)17)16-9-10-3-2-4-11(15)7-10/h2-8,16-17H,9H2,1H3. The Morgan fingerprint density at radius 2 is 2.06 bits per heavy atom. The second-order valence-electron chi connectivity index (χ2n) is 3.87. The Kier molecular flexibility index (Phi) is 3.67. The van der Waals surface area contributed by atoms with Gasteiger partial charge in [-0.3, -0.25) is 0 Å². The van der Waals surface area contributed by atoms with Gasteiger partial charge in [-0.2, -0.15) is 0 Å². The molecule has 0 spiro atoms. The van der Waals surface area contributed by atoms with E-state index in [9.17, 15) is 9.50 Å².